The molecule has 3 aliphatic rings. The highest BCUT2D eigenvalue weighted by Crippen LogP contribution is 2.44. The minimum absolute atomic E-state index is 0.00736. The smallest absolute Gasteiger partial charge is 0.242 e. The molecule has 0 bridgehead atoms. The van der Waals surface area contributed by atoms with E-state index in [1.807, 2.05) is 45.5 Å². The van der Waals surface area contributed by atoms with Crippen molar-refractivity contribution in [2.75, 3.05) is 17.3 Å². The average Bonchev–Trinajstić information content (AvgIpc) is 4.09. The summed E-state index contributed by atoms with van der Waals surface area (Å²) in [6.45, 7) is 26.3. The van der Waals surface area contributed by atoms with Crippen LogP contribution in [0.1, 0.15) is 82.4 Å². The molecule has 9 rings (SSSR count). The van der Waals surface area contributed by atoms with Gasteiger partial charge in [-0.25, -0.2) is 43.4 Å². The summed E-state index contributed by atoms with van der Waals surface area (Å²) < 4.78 is 102. The highest BCUT2D eigenvalue weighted by atomic mass is 79.9. The van der Waals surface area contributed by atoms with Crippen molar-refractivity contribution in [1.82, 2.24) is 0 Å². The first kappa shape index (κ1) is 55.0. The van der Waals surface area contributed by atoms with Crippen LogP contribution in [0.5, 0.6) is 0 Å². The van der Waals surface area contributed by atoms with Gasteiger partial charge in [0.05, 0.1) is 48.0 Å². The lowest BCUT2D eigenvalue weighted by atomic mass is 9.82. The molecule has 11 nitrogen and oxygen atoms in total. The van der Waals surface area contributed by atoms with Crippen molar-refractivity contribution < 1.29 is 33.7 Å². The maximum Gasteiger partial charge on any atom is 0.242 e. The lowest BCUT2D eigenvalue weighted by molar-refractivity contribution is 0.472. The van der Waals surface area contributed by atoms with Gasteiger partial charge in [-0.1, -0.05) is 59.7 Å². The zero-order valence-electron chi connectivity index (χ0n) is 38.4. The van der Waals surface area contributed by atoms with E-state index in [9.17, 15) is 33.7 Å². The number of rotatable bonds is 5. The van der Waals surface area contributed by atoms with Gasteiger partial charge in [0.25, 0.3) is 0 Å². The zero-order valence-corrected chi connectivity index (χ0v) is 47.5. The second kappa shape index (κ2) is 21.0. The fourth-order valence-corrected chi connectivity index (χ4v) is 20.0. The van der Waals surface area contributed by atoms with E-state index in [1.54, 1.807) is 24.3 Å². The highest BCUT2D eigenvalue weighted by molar-refractivity contribution is 9.11. The van der Waals surface area contributed by atoms with Crippen LogP contribution < -0.4 is 5.73 Å². The van der Waals surface area contributed by atoms with E-state index < -0.39 is 39.3 Å². The number of nitrogens with zero attached hydrogens (tertiary/aromatic N) is 2. The Morgan fingerprint density at radius 1 is 0.623 bits per heavy atom. The number of sulfone groups is 4. The van der Waals surface area contributed by atoms with E-state index in [0.717, 1.165) is 41.2 Å². The average molecular weight is 1170 g/mol. The van der Waals surface area contributed by atoms with Gasteiger partial charge in [0, 0.05) is 21.2 Å². The van der Waals surface area contributed by atoms with Gasteiger partial charge in [0.15, 0.2) is 19.7 Å². The summed E-state index contributed by atoms with van der Waals surface area (Å²) in [5, 5.41) is 1.01. The maximum absolute atomic E-state index is 12.8. The minimum atomic E-state index is -3.84. The van der Waals surface area contributed by atoms with Crippen molar-refractivity contribution in [3.63, 3.8) is 0 Å². The fourth-order valence-electron chi connectivity index (χ4n) is 7.71. The molecule has 366 valence electrons. The Bertz CT molecular complexity index is 3470. The monoisotopic (exact) mass is 1160 g/mol. The molecule has 0 spiro atoms. The Morgan fingerprint density at radius 2 is 1.09 bits per heavy atom. The van der Waals surface area contributed by atoms with Crippen LogP contribution in [0.25, 0.3) is 9.69 Å². The third-order valence-corrected chi connectivity index (χ3v) is 25.0. The first-order chi connectivity index (χ1) is 32.1. The second-order valence-corrected chi connectivity index (χ2v) is 33.0. The first-order valence-corrected chi connectivity index (χ1v) is 32.1. The van der Waals surface area contributed by atoms with Crippen LogP contribution in [0, 0.1) is 13.1 Å². The molecule has 0 amide bonds. The van der Waals surface area contributed by atoms with Gasteiger partial charge >= 0.3 is 0 Å². The molecule has 6 aromatic rings. The van der Waals surface area contributed by atoms with Gasteiger partial charge in [-0.15, -0.1) is 58.4 Å². The number of halogens is 1. The largest absolute Gasteiger partial charge is 0.326 e. The zero-order chi connectivity index (χ0) is 51.0. The van der Waals surface area contributed by atoms with Gasteiger partial charge in [-0.2, -0.15) is 0 Å². The third kappa shape index (κ3) is 12.3. The molecule has 3 aliphatic heterocycles. The number of hydrogen-bond acceptors (Lipinski definition) is 14. The van der Waals surface area contributed by atoms with E-state index in [4.69, 9.17) is 18.9 Å². The SMILES string of the molecule is CC1(C)CCS(=O)(=O)c2cc(S(=O)(=O)c3ccc(CN)s3)ccc21.CC1(C)CCSc2cc(S)ccc21.[C-]#[N+]c1ccc(Br)s1.[C-]#[N+]c1ccc(S(=O)(=O)c2ccc3c(c2)S(=O)(=O)CCC3(C)C)s1. The number of benzene rings is 3. The molecule has 0 unspecified atom stereocenters. The van der Waals surface area contributed by atoms with Gasteiger partial charge in [-0.3, -0.25) is 0 Å². The second-order valence-electron chi connectivity index (χ2n) is 18.2. The van der Waals surface area contributed by atoms with Gasteiger partial charge in [-0.05, 0) is 147 Å². The quantitative estimate of drug-likeness (QED) is 0.125. The molecular weight excluding hydrogens is 1120 g/mol. The Balaban J connectivity index is 0.000000162. The Kier molecular flexibility index (Phi) is 16.8. The summed E-state index contributed by atoms with van der Waals surface area (Å²) in [6.07, 6.45) is 2.31. The van der Waals surface area contributed by atoms with Crippen molar-refractivity contribution in [1.29, 1.82) is 0 Å². The lowest BCUT2D eigenvalue weighted by Gasteiger charge is -2.32. The molecule has 3 aromatic carbocycles. The Morgan fingerprint density at radius 3 is 1.54 bits per heavy atom. The molecule has 0 fully saturated rings. The number of fused-ring (bicyclic) bond motifs is 3. The van der Waals surface area contributed by atoms with Crippen molar-refractivity contribution in [2.24, 2.45) is 5.73 Å². The number of thiol groups is 1. The summed E-state index contributed by atoms with van der Waals surface area (Å²) >= 11 is 13.0. The standard InChI is InChI=1S/C16H15NO4S3.C16H19NO4S3.C11H14S2.C5H2BrNS/c1-16(2)8-9-23(18,19)13-10-11(4-5-12(13)16)24(20,21)15-7-6-14(17-3)22-15;1-16(2)7-8-23(18,19)14-9-12(4-5-13(14)16)24(20,21)15-6-3-11(10-17)22-15;1-11(2)5-6-13-10-7-8(12)3-4-9(10)11;1-7-5-3-2-4(6)8-5/h4-7,10H,8-9H2,1-2H3;3-6,9H,7-8,10,17H2,1-2H3;3-4,7,12H,5-6H2,1-2H3;2-3H. The Labute approximate surface area is 436 Å². The normalized spacial score (nSPS) is 17.7. The van der Waals surface area contributed by atoms with Crippen molar-refractivity contribution in [3.8, 4) is 0 Å². The van der Waals surface area contributed by atoms with E-state index in [-0.39, 0.29) is 61.9 Å². The van der Waals surface area contributed by atoms with Crippen molar-refractivity contribution in [2.45, 2.75) is 121 Å². The molecule has 0 saturated carbocycles. The van der Waals surface area contributed by atoms with Crippen LogP contribution in [0.4, 0.5) is 10.0 Å². The van der Waals surface area contributed by atoms with Crippen LogP contribution in [0.2, 0.25) is 0 Å². The van der Waals surface area contributed by atoms with Crippen LogP contribution in [0.15, 0.2) is 133 Å². The van der Waals surface area contributed by atoms with Crippen LogP contribution in [0.3, 0.4) is 0 Å². The van der Waals surface area contributed by atoms with Crippen molar-refractivity contribution in [3.05, 3.63) is 139 Å². The van der Waals surface area contributed by atoms with Gasteiger partial charge in [0.1, 0.15) is 8.42 Å². The minimum Gasteiger partial charge on any atom is -0.326 e. The molecule has 6 heterocycles. The van der Waals surface area contributed by atoms with Crippen LogP contribution >= 0.6 is 74.3 Å². The molecule has 0 aliphatic carbocycles. The summed E-state index contributed by atoms with van der Waals surface area (Å²) in [6, 6.07) is 24.9. The first-order valence-electron chi connectivity index (χ1n) is 21.2. The summed E-state index contributed by atoms with van der Waals surface area (Å²) in [5.74, 6) is 1.28. The predicted molar refractivity (Wildman–Crippen MR) is 286 cm³/mol. The summed E-state index contributed by atoms with van der Waals surface area (Å²) in [7, 11) is -14.5. The van der Waals surface area contributed by atoms with E-state index >= 15 is 0 Å². The highest BCUT2D eigenvalue weighted by Gasteiger charge is 2.38. The number of thioether (sulfide) groups is 1. The predicted octanol–water partition coefficient (Wildman–Crippen LogP) is 12.9. The molecule has 0 atom stereocenters. The fraction of sp³-hybridized carbons (Fsp3) is 0.333. The maximum atomic E-state index is 12.8. The van der Waals surface area contributed by atoms with Crippen LogP contribution in [-0.4, -0.2) is 50.9 Å². The number of hydrogen-bond donors (Lipinski definition) is 2. The number of thiophene rings is 3. The van der Waals surface area contributed by atoms with E-state index in [2.05, 4.69) is 70.3 Å². The topological polar surface area (TPSA) is 171 Å². The van der Waals surface area contributed by atoms with E-state index in [0.29, 0.717) is 29.4 Å². The van der Waals surface area contributed by atoms with Crippen LogP contribution in [-0.2, 0) is 62.1 Å². The lowest BCUT2D eigenvalue weighted by Crippen LogP contribution is -2.30. The molecule has 69 heavy (non-hydrogen) atoms. The molecule has 21 heteroatoms. The summed E-state index contributed by atoms with van der Waals surface area (Å²) in [5.41, 5.74) is 8.10. The molecule has 0 radical (unpaired) electrons. The van der Waals surface area contributed by atoms with E-state index in [1.165, 1.54) is 76.4 Å². The number of nitrogens with two attached hydrogens (primary N) is 1. The Hall–Kier alpha value is -3.32. The molecule has 2 N–H and O–H groups in total. The summed E-state index contributed by atoms with van der Waals surface area (Å²) in [4.78, 5) is 9.89. The van der Waals surface area contributed by atoms with Gasteiger partial charge in [0.2, 0.25) is 29.7 Å². The van der Waals surface area contributed by atoms with Crippen molar-refractivity contribution >= 4 is 124 Å². The molecule has 0 saturated heterocycles. The molecular formula is C48H50BrN3O8S9. The van der Waals surface area contributed by atoms with Gasteiger partial charge < -0.3 is 5.73 Å². The molecule has 3 aromatic heterocycles. The third-order valence-electron chi connectivity index (χ3n) is 12.0.